The summed E-state index contributed by atoms with van der Waals surface area (Å²) in [4.78, 5) is 11.9. The van der Waals surface area contributed by atoms with Gasteiger partial charge in [0.25, 0.3) is 0 Å². The molecule has 21 heavy (non-hydrogen) atoms. The number of rotatable bonds is 4. The summed E-state index contributed by atoms with van der Waals surface area (Å²) in [6.45, 7) is 1.46. The van der Waals surface area contributed by atoms with Crippen LogP contribution in [0.4, 0.5) is 4.79 Å². The minimum atomic E-state index is -0.211. The third kappa shape index (κ3) is 3.18. The van der Waals surface area contributed by atoms with E-state index >= 15 is 0 Å². The second kappa shape index (κ2) is 6.43. The first kappa shape index (κ1) is 14.3. The lowest BCUT2D eigenvalue weighted by atomic mass is 10.1. The number of amides is 2. The highest BCUT2D eigenvalue weighted by molar-refractivity contribution is 5.74. The predicted octanol–water partition coefficient (Wildman–Crippen LogP) is 0.667. The summed E-state index contributed by atoms with van der Waals surface area (Å²) >= 11 is 0. The van der Waals surface area contributed by atoms with Crippen molar-refractivity contribution in [3.63, 3.8) is 0 Å². The zero-order valence-electron chi connectivity index (χ0n) is 12.0. The number of nitrogens with one attached hydrogen (secondary N) is 2. The molecule has 2 amide bonds. The van der Waals surface area contributed by atoms with Gasteiger partial charge < -0.3 is 24.8 Å². The van der Waals surface area contributed by atoms with Gasteiger partial charge in [0.15, 0.2) is 0 Å². The Morgan fingerprint density at radius 3 is 2.76 bits per heavy atom. The molecule has 0 unspecified atom stereocenters. The fourth-order valence-corrected chi connectivity index (χ4v) is 2.79. The largest absolute Gasteiger partial charge is 0.376 e. The molecule has 2 heterocycles. The van der Waals surface area contributed by atoms with Gasteiger partial charge in [0, 0.05) is 13.7 Å². The summed E-state index contributed by atoms with van der Waals surface area (Å²) in [6.07, 6.45) is -0.263. The smallest absolute Gasteiger partial charge is 0.315 e. The molecule has 0 spiro atoms. The lowest BCUT2D eigenvalue weighted by molar-refractivity contribution is -0.00807. The molecule has 2 N–H and O–H groups in total. The fourth-order valence-electron chi connectivity index (χ4n) is 2.79. The van der Waals surface area contributed by atoms with E-state index in [4.69, 9.17) is 14.2 Å². The Hall–Kier alpha value is -1.63. The van der Waals surface area contributed by atoms with Gasteiger partial charge in [-0.05, 0) is 5.56 Å². The number of benzene rings is 1. The molecule has 1 aromatic carbocycles. The Bertz CT molecular complexity index is 482. The first-order chi connectivity index (χ1) is 10.3. The second-order valence-electron chi connectivity index (χ2n) is 5.29. The molecule has 3 rings (SSSR count). The quantitative estimate of drug-likeness (QED) is 0.856. The maximum absolute atomic E-state index is 11.9. The van der Waals surface area contributed by atoms with E-state index in [1.165, 1.54) is 0 Å². The van der Waals surface area contributed by atoms with Gasteiger partial charge in [-0.25, -0.2) is 4.79 Å². The van der Waals surface area contributed by atoms with Crippen LogP contribution in [0.15, 0.2) is 30.3 Å². The molecular weight excluding hydrogens is 272 g/mol. The van der Waals surface area contributed by atoms with Crippen LogP contribution >= 0.6 is 0 Å². The van der Waals surface area contributed by atoms with Crippen LogP contribution in [0.25, 0.3) is 0 Å². The highest BCUT2D eigenvalue weighted by Gasteiger charge is 2.48. The Morgan fingerprint density at radius 2 is 2.00 bits per heavy atom. The second-order valence-corrected chi connectivity index (χ2v) is 5.29. The Balaban J connectivity index is 1.47. The van der Waals surface area contributed by atoms with Crippen molar-refractivity contribution in [1.82, 2.24) is 10.6 Å². The third-order valence-electron chi connectivity index (χ3n) is 3.92. The average molecular weight is 292 g/mol. The van der Waals surface area contributed by atoms with Gasteiger partial charge in [-0.15, -0.1) is 0 Å². The first-order valence-corrected chi connectivity index (χ1v) is 7.12. The standard InChI is InChI=1S/C15H20N2O4/c1-19-12-9-21-13-11(8-20-14(12)13)17-15(18)16-7-10-5-3-2-4-6-10/h2-6,11-14H,7-9H2,1H3,(H2,16,17,18)/t11-,12-,13-,14+/m0/s1. The maximum atomic E-state index is 11.9. The number of ether oxygens (including phenoxy) is 3. The Kier molecular flexibility index (Phi) is 4.38. The monoisotopic (exact) mass is 292 g/mol. The summed E-state index contributed by atoms with van der Waals surface area (Å²) in [5.41, 5.74) is 1.06. The summed E-state index contributed by atoms with van der Waals surface area (Å²) < 4.78 is 16.6. The van der Waals surface area contributed by atoms with Crippen molar-refractivity contribution in [2.45, 2.75) is 30.9 Å². The van der Waals surface area contributed by atoms with E-state index in [1.807, 2.05) is 30.3 Å². The summed E-state index contributed by atoms with van der Waals surface area (Å²) in [5, 5.41) is 5.75. The van der Waals surface area contributed by atoms with E-state index < -0.39 is 0 Å². The van der Waals surface area contributed by atoms with Gasteiger partial charge in [-0.2, -0.15) is 0 Å². The Morgan fingerprint density at radius 1 is 1.24 bits per heavy atom. The van der Waals surface area contributed by atoms with Crippen LogP contribution in [0.3, 0.4) is 0 Å². The molecule has 0 radical (unpaired) electrons. The minimum Gasteiger partial charge on any atom is -0.376 e. The summed E-state index contributed by atoms with van der Waals surface area (Å²) in [6, 6.07) is 9.44. The van der Waals surface area contributed by atoms with E-state index in [9.17, 15) is 4.79 Å². The molecule has 2 aliphatic heterocycles. The fraction of sp³-hybridized carbons (Fsp3) is 0.533. The summed E-state index contributed by atoms with van der Waals surface area (Å²) in [5.74, 6) is 0. The van der Waals surface area contributed by atoms with Crippen molar-refractivity contribution in [2.75, 3.05) is 20.3 Å². The molecular formula is C15H20N2O4. The van der Waals surface area contributed by atoms with Crippen LogP contribution in [-0.4, -0.2) is 50.7 Å². The molecule has 0 aromatic heterocycles. The molecule has 0 aliphatic carbocycles. The molecule has 2 saturated heterocycles. The molecule has 1 aromatic rings. The summed E-state index contributed by atoms with van der Waals surface area (Å²) in [7, 11) is 1.65. The van der Waals surface area contributed by atoms with Gasteiger partial charge in [-0.3, -0.25) is 0 Å². The van der Waals surface area contributed by atoms with Crippen LogP contribution < -0.4 is 10.6 Å². The molecule has 6 nitrogen and oxygen atoms in total. The first-order valence-electron chi connectivity index (χ1n) is 7.12. The Labute approximate surface area is 123 Å². The molecule has 6 heteroatoms. The van der Waals surface area contributed by atoms with E-state index in [-0.39, 0.29) is 30.4 Å². The zero-order chi connectivity index (χ0) is 14.7. The van der Waals surface area contributed by atoms with Crippen molar-refractivity contribution < 1.29 is 19.0 Å². The van der Waals surface area contributed by atoms with Crippen molar-refractivity contribution in [1.29, 1.82) is 0 Å². The van der Waals surface area contributed by atoms with Gasteiger partial charge >= 0.3 is 6.03 Å². The van der Waals surface area contributed by atoms with Gasteiger partial charge in [0.05, 0.1) is 19.3 Å². The van der Waals surface area contributed by atoms with E-state index in [0.29, 0.717) is 19.8 Å². The number of fused-ring (bicyclic) bond motifs is 1. The molecule has 2 aliphatic rings. The van der Waals surface area contributed by atoms with E-state index in [1.54, 1.807) is 7.11 Å². The third-order valence-corrected chi connectivity index (χ3v) is 3.92. The molecule has 114 valence electrons. The van der Waals surface area contributed by atoms with Crippen molar-refractivity contribution in [2.24, 2.45) is 0 Å². The minimum absolute atomic E-state index is 0.0471. The van der Waals surface area contributed by atoms with Crippen LogP contribution in [0.2, 0.25) is 0 Å². The van der Waals surface area contributed by atoms with Crippen molar-refractivity contribution >= 4 is 6.03 Å². The lowest BCUT2D eigenvalue weighted by Crippen LogP contribution is -2.48. The predicted molar refractivity (Wildman–Crippen MR) is 75.9 cm³/mol. The number of carbonyl (C=O) groups is 1. The number of hydrogen-bond donors (Lipinski definition) is 2. The van der Waals surface area contributed by atoms with Gasteiger partial charge in [-0.1, -0.05) is 30.3 Å². The van der Waals surface area contributed by atoms with Gasteiger partial charge in [0.2, 0.25) is 0 Å². The number of urea groups is 1. The molecule has 0 bridgehead atoms. The maximum Gasteiger partial charge on any atom is 0.315 e. The van der Waals surface area contributed by atoms with E-state index in [2.05, 4.69) is 10.6 Å². The number of carbonyl (C=O) groups excluding carboxylic acids is 1. The normalized spacial score (nSPS) is 30.9. The highest BCUT2D eigenvalue weighted by Crippen LogP contribution is 2.28. The van der Waals surface area contributed by atoms with Crippen LogP contribution in [0.1, 0.15) is 5.56 Å². The van der Waals surface area contributed by atoms with Crippen LogP contribution in [0.5, 0.6) is 0 Å². The van der Waals surface area contributed by atoms with E-state index in [0.717, 1.165) is 5.56 Å². The average Bonchev–Trinajstić information content (AvgIpc) is 3.09. The van der Waals surface area contributed by atoms with Crippen LogP contribution in [0, 0.1) is 0 Å². The molecule has 4 atom stereocenters. The van der Waals surface area contributed by atoms with Crippen LogP contribution in [-0.2, 0) is 20.8 Å². The SMILES string of the molecule is CO[C@H]1CO[C@@H]2[C@@H]1OC[C@@H]2NC(=O)NCc1ccccc1. The number of hydrogen-bond acceptors (Lipinski definition) is 4. The molecule has 2 fully saturated rings. The highest BCUT2D eigenvalue weighted by atomic mass is 16.6. The molecule has 0 saturated carbocycles. The van der Waals surface area contributed by atoms with Crippen molar-refractivity contribution in [3.8, 4) is 0 Å². The lowest BCUT2D eigenvalue weighted by Gasteiger charge is -2.18. The topological polar surface area (TPSA) is 68.8 Å². The number of methoxy groups -OCH3 is 1. The zero-order valence-corrected chi connectivity index (χ0v) is 12.0. The van der Waals surface area contributed by atoms with Crippen molar-refractivity contribution in [3.05, 3.63) is 35.9 Å². The van der Waals surface area contributed by atoms with Gasteiger partial charge in [0.1, 0.15) is 18.3 Å².